The molecule has 0 atom stereocenters. The first-order valence-electron chi connectivity index (χ1n) is 5.93. The number of fused-ring (bicyclic) bond motifs is 1. The standard InChI is InChI=1S/C13H13N3O2S/c1-7-11(16-13(14)19-7)8-2-3-10-9(6-8)12(17)15-4-5-18-10/h2-3,6H,4-5H2,1H3,(H2,14,16)(H,15,17). The van der Waals surface area contributed by atoms with Gasteiger partial charge in [0, 0.05) is 10.4 Å². The number of nitrogens with zero attached hydrogens (tertiary/aromatic N) is 1. The summed E-state index contributed by atoms with van der Waals surface area (Å²) in [6.07, 6.45) is 0. The van der Waals surface area contributed by atoms with Gasteiger partial charge in [0.1, 0.15) is 12.4 Å². The first-order valence-corrected chi connectivity index (χ1v) is 6.75. The van der Waals surface area contributed by atoms with Crippen molar-refractivity contribution in [3.05, 3.63) is 28.6 Å². The van der Waals surface area contributed by atoms with Crippen LogP contribution in [0.25, 0.3) is 11.3 Å². The van der Waals surface area contributed by atoms with Gasteiger partial charge >= 0.3 is 0 Å². The second kappa shape index (κ2) is 4.55. The van der Waals surface area contributed by atoms with E-state index in [1.165, 1.54) is 11.3 Å². The van der Waals surface area contributed by atoms with Crippen LogP contribution in [0.15, 0.2) is 18.2 Å². The molecule has 1 aliphatic heterocycles. The maximum atomic E-state index is 11.9. The van der Waals surface area contributed by atoms with Gasteiger partial charge in [0.25, 0.3) is 5.91 Å². The highest BCUT2D eigenvalue weighted by molar-refractivity contribution is 7.15. The van der Waals surface area contributed by atoms with Gasteiger partial charge in [-0.1, -0.05) is 0 Å². The van der Waals surface area contributed by atoms with Crippen LogP contribution in [0.4, 0.5) is 5.13 Å². The van der Waals surface area contributed by atoms with E-state index >= 15 is 0 Å². The molecule has 0 bridgehead atoms. The number of nitrogens with two attached hydrogens (primary N) is 1. The minimum absolute atomic E-state index is 0.116. The number of amides is 1. The monoisotopic (exact) mass is 275 g/mol. The molecule has 1 aliphatic rings. The molecule has 0 spiro atoms. The van der Waals surface area contributed by atoms with Crippen molar-refractivity contribution in [2.24, 2.45) is 0 Å². The molecule has 3 N–H and O–H groups in total. The van der Waals surface area contributed by atoms with E-state index in [4.69, 9.17) is 10.5 Å². The van der Waals surface area contributed by atoms with Crippen molar-refractivity contribution in [1.82, 2.24) is 10.3 Å². The van der Waals surface area contributed by atoms with Gasteiger partial charge in [-0.25, -0.2) is 4.98 Å². The third kappa shape index (κ3) is 2.15. The molecular weight excluding hydrogens is 262 g/mol. The summed E-state index contributed by atoms with van der Waals surface area (Å²) in [5.41, 5.74) is 7.95. The number of nitrogen functional groups attached to an aromatic ring is 1. The van der Waals surface area contributed by atoms with Crippen LogP contribution in [0.5, 0.6) is 5.75 Å². The Morgan fingerprint density at radius 2 is 2.32 bits per heavy atom. The van der Waals surface area contributed by atoms with E-state index in [2.05, 4.69) is 10.3 Å². The number of aromatic nitrogens is 1. The van der Waals surface area contributed by atoms with Crippen LogP contribution in [0, 0.1) is 6.92 Å². The lowest BCUT2D eigenvalue weighted by Crippen LogP contribution is -2.24. The van der Waals surface area contributed by atoms with Crippen molar-refractivity contribution < 1.29 is 9.53 Å². The number of carbonyl (C=O) groups is 1. The van der Waals surface area contributed by atoms with E-state index in [0.29, 0.717) is 29.6 Å². The highest BCUT2D eigenvalue weighted by Crippen LogP contribution is 2.32. The molecule has 0 radical (unpaired) electrons. The highest BCUT2D eigenvalue weighted by atomic mass is 32.1. The van der Waals surface area contributed by atoms with Crippen LogP contribution in [-0.4, -0.2) is 24.0 Å². The van der Waals surface area contributed by atoms with Crippen molar-refractivity contribution in [3.63, 3.8) is 0 Å². The maximum absolute atomic E-state index is 11.9. The molecule has 0 aliphatic carbocycles. The third-order valence-electron chi connectivity index (χ3n) is 2.96. The quantitative estimate of drug-likeness (QED) is 0.832. The average Bonchev–Trinajstić information content (AvgIpc) is 2.62. The Balaban J connectivity index is 2.10. The third-order valence-corrected chi connectivity index (χ3v) is 3.76. The lowest BCUT2D eigenvalue weighted by Gasteiger charge is -2.07. The molecule has 5 nitrogen and oxygen atoms in total. The fourth-order valence-electron chi connectivity index (χ4n) is 2.09. The Hall–Kier alpha value is -2.08. The van der Waals surface area contributed by atoms with Gasteiger partial charge in [-0.3, -0.25) is 4.79 Å². The van der Waals surface area contributed by atoms with E-state index in [1.807, 2.05) is 19.1 Å². The molecule has 0 unspecified atom stereocenters. The van der Waals surface area contributed by atoms with Crippen molar-refractivity contribution in [1.29, 1.82) is 0 Å². The minimum atomic E-state index is -0.116. The number of hydrogen-bond donors (Lipinski definition) is 2. The van der Waals surface area contributed by atoms with Crippen LogP contribution < -0.4 is 15.8 Å². The van der Waals surface area contributed by atoms with E-state index in [1.54, 1.807) is 6.07 Å². The van der Waals surface area contributed by atoms with Crippen LogP contribution in [-0.2, 0) is 0 Å². The molecule has 2 heterocycles. The summed E-state index contributed by atoms with van der Waals surface area (Å²) >= 11 is 1.44. The van der Waals surface area contributed by atoms with E-state index in [0.717, 1.165) is 16.1 Å². The summed E-state index contributed by atoms with van der Waals surface area (Å²) in [5, 5.41) is 3.32. The summed E-state index contributed by atoms with van der Waals surface area (Å²) < 4.78 is 5.52. The minimum Gasteiger partial charge on any atom is -0.491 e. The number of anilines is 1. The molecule has 1 aromatic carbocycles. The van der Waals surface area contributed by atoms with Crippen molar-refractivity contribution in [3.8, 4) is 17.0 Å². The average molecular weight is 275 g/mol. The molecule has 0 saturated carbocycles. The molecular formula is C13H13N3O2S. The number of hydrogen-bond acceptors (Lipinski definition) is 5. The first kappa shape index (κ1) is 12.0. The van der Waals surface area contributed by atoms with Gasteiger partial charge in [0.2, 0.25) is 0 Å². The van der Waals surface area contributed by atoms with Crippen molar-refractivity contribution >= 4 is 22.4 Å². The van der Waals surface area contributed by atoms with E-state index < -0.39 is 0 Å². The molecule has 3 rings (SSSR count). The Morgan fingerprint density at radius 1 is 1.47 bits per heavy atom. The summed E-state index contributed by atoms with van der Waals surface area (Å²) in [4.78, 5) is 17.3. The number of nitrogens with one attached hydrogen (secondary N) is 1. The Kier molecular flexibility index (Phi) is 2.87. The lowest BCUT2D eigenvalue weighted by atomic mass is 10.1. The number of ether oxygens (including phenoxy) is 1. The Labute approximate surface area is 114 Å². The SMILES string of the molecule is Cc1sc(N)nc1-c1ccc2c(c1)C(=O)NCCO2. The molecule has 1 amide bonds. The molecule has 1 aromatic heterocycles. The van der Waals surface area contributed by atoms with Crippen LogP contribution in [0.3, 0.4) is 0 Å². The highest BCUT2D eigenvalue weighted by Gasteiger charge is 2.18. The van der Waals surface area contributed by atoms with E-state index in [-0.39, 0.29) is 5.91 Å². The predicted octanol–water partition coefficient (Wildman–Crippen LogP) is 1.82. The summed E-state index contributed by atoms with van der Waals surface area (Å²) in [5.74, 6) is 0.495. The maximum Gasteiger partial charge on any atom is 0.255 e. The zero-order chi connectivity index (χ0) is 13.4. The molecule has 0 fully saturated rings. The first-order chi connectivity index (χ1) is 9.15. The fourth-order valence-corrected chi connectivity index (χ4v) is 2.80. The molecule has 6 heteroatoms. The molecule has 0 saturated heterocycles. The van der Waals surface area contributed by atoms with Gasteiger partial charge in [-0.15, -0.1) is 11.3 Å². The predicted molar refractivity (Wildman–Crippen MR) is 74.5 cm³/mol. The zero-order valence-electron chi connectivity index (χ0n) is 10.4. The van der Waals surface area contributed by atoms with Crippen molar-refractivity contribution in [2.45, 2.75) is 6.92 Å². The number of benzene rings is 1. The Bertz CT molecular complexity index is 651. The number of thiazole rings is 1. The van der Waals surface area contributed by atoms with Crippen LogP contribution in [0.1, 0.15) is 15.2 Å². The summed E-state index contributed by atoms with van der Waals surface area (Å²) in [7, 11) is 0. The smallest absolute Gasteiger partial charge is 0.255 e. The zero-order valence-corrected chi connectivity index (χ0v) is 11.2. The Morgan fingerprint density at radius 3 is 3.05 bits per heavy atom. The second-order valence-electron chi connectivity index (χ2n) is 4.27. The van der Waals surface area contributed by atoms with Crippen molar-refractivity contribution in [2.75, 3.05) is 18.9 Å². The fraction of sp³-hybridized carbons (Fsp3) is 0.231. The van der Waals surface area contributed by atoms with Gasteiger partial charge in [-0.2, -0.15) is 0 Å². The number of rotatable bonds is 1. The van der Waals surface area contributed by atoms with Gasteiger partial charge in [0.05, 0.1) is 17.8 Å². The lowest BCUT2D eigenvalue weighted by molar-refractivity contribution is 0.0957. The normalized spacial score (nSPS) is 14.3. The number of aryl methyl sites for hydroxylation is 1. The van der Waals surface area contributed by atoms with Gasteiger partial charge in [0.15, 0.2) is 5.13 Å². The second-order valence-corrected chi connectivity index (χ2v) is 5.51. The van der Waals surface area contributed by atoms with Gasteiger partial charge < -0.3 is 15.8 Å². The molecule has 98 valence electrons. The number of carbonyl (C=O) groups excluding carboxylic acids is 1. The van der Waals surface area contributed by atoms with Crippen LogP contribution in [0.2, 0.25) is 0 Å². The molecule has 2 aromatic rings. The van der Waals surface area contributed by atoms with Crippen LogP contribution >= 0.6 is 11.3 Å². The van der Waals surface area contributed by atoms with E-state index in [9.17, 15) is 4.79 Å². The largest absolute Gasteiger partial charge is 0.491 e. The topological polar surface area (TPSA) is 77.2 Å². The molecule has 19 heavy (non-hydrogen) atoms. The van der Waals surface area contributed by atoms with Gasteiger partial charge in [-0.05, 0) is 25.1 Å². The summed E-state index contributed by atoms with van der Waals surface area (Å²) in [6.45, 7) is 2.97. The summed E-state index contributed by atoms with van der Waals surface area (Å²) in [6, 6.07) is 5.51.